The van der Waals surface area contributed by atoms with Crippen LogP contribution in [0.1, 0.15) is 22.1 Å². The van der Waals surface area contributed by atoms with Crippen molar-refractivity contribution in [2.24, 2.45) is 0 Å². The minimum atomic E-state index is -0.609. The molecule has 0 aliphatic rings. The summed E-state index contributed by atoms with van der Waals surface area (Å²) >= 11 is 2.19. The van der Waals surface area contributed by atoms with E-state index in [0.29, 0.717) is 0 Å². The summed E-state index contributed by atoms with van der Waals surface area (Å²) in [6, 6.07) is 5.92. The van der Waals surface area contributed by atoms with E-state index in [1.54, 1.807) is 10.7 Å². The number of aryl methyl sites for hydroxylation is 1. The van der Waals surface area contributed by atoms with Crippen molar-refractivity contribution >= 4 is 34.4 Å². The Hall–Kier alpha value is -2.83. The lowest BCUT2D eigenvalue weighted by Gasteiger charge is -2.07. The molecule has 0 aliphatic heterocycles. The van der Waals surface area contributed by atoms with Crippen LogP contribution in [0.25, 0.3) is 11.4 Å². The van der Waals surface area contributed by atoms with Crippen LogP contribution in [-0.2, 0) is 11.3 Å². The Morgan fingerprint density at radius 3 is 2.62 bits per heavy atom. The molecule has 2 heterocycles. The van der Waals surface area contributed by atoms with Crippen molar-refractivity contribution in [1.29, 1.82) is 0 Å². The van der Waals surface area contributed by atoms with Crippen molar-refractivity contribution in [2.45, 2.75) is 20.4 Å². The first-order valence-electron chi connectivity index (χ1n) is 8.70. The third kappa shape index (κ3) is 4.96. The van der Waals surface area contributed by atoms with Crippen LogP contribution in [0.4, 0.5) is 4.39 Å². The first kappa shape index (κ1) is 20.9. The maximum Gasteiger partial charge on any atom is 0.316 e. The number of rotatable bonds is 7. The summed E-state index contributed by atoms with van der Waals surface area (Å²) in [5.74, 6) is -1.64. The van der Waals surface area contributed by atoms with Gasteiger partial charge in [-0.1, -0.05) is 17.3 Å². The van der Waals surface area contributed by atoms with Gasteiger partial charge in [-0.15, -0.1) is 0 Å². The third-order valence-electron chi connectivity index (χ3n) is 4.05. The number of aromatic nitrogens is 4. The Kier molecular flexibility index (Phi) is 6.56. The smallest absolute Gasteiger partial charge is 0.316 e. The summed E-state index contributed by atoms with van der Waals surface area (Å²) in [4.78, 5) is 28.0. The molecule has 3 rings (SSSR count). The molecule has 0 bridgehead atoms. The molecule has 0 saturated heterocycles. The fourth-order valence-corrected chi connectivity index (χ4v) is 2.93. The zero-order valence-corrected chi connectivity index (χ0v) is 17.9. The van der Waals surface area contributed by atoms with Crippen LogP contribution in [0.3, 0.4) is 0 Å². The van der Waals surface area contributed by atoms with E-state index in [1.807, 2.05) is 13.8 Å². The van der Waals surface area contributed by atoms with Crippen LogP contribution in [0, 0.1) is 23.2 Å². The molecule has 2 amide bonds. The highest BCUT2D eigenvalue weighted by Gasteiger charge is 2.17. The van der Waals surface area contributed by atoms with Crippen LogP contribution in [0.15, 0.2) is 28.8 Å². The van der Waals surface area contributed by atoms with Gasteiger partial charge in [0.05, 0.1) is 14.8 Å². The molecule has 0 radical (unpaired) electrons. The quantitative estimate of drug-likeness (QED) is 0.369. The second-order valence-electron chi connectivity index (χ2n) is 6.15. The Labute approximate surface area is 179 Å². The molecule has 11 heteroatoms. The van der Waals surface area contributed by atoms with E-state index >= 15 is 0 Å². The summed E-state index contributed by atoms with van der Waals surface area (Å²) in [5.41, 5.74) is 1.94. The minimum absolute atomic E-state index is 0.0129. The molecule has 9 nitrogen and oxygen atoms in total. The van der Waals surface area contributed by atoms with Crippen molar-refractivity contribution in [3.05, 3.63) is 50.9 Å². The van der Waals surface area contributed by atoms with E-state index in [1.165, 1.54) is 18.2 Å². The topological polar surface area (TPSA) is 115 Å². The van der Waals surface area contributed by atoms with E-state index in [2.05, 4.69) is 48.5 Å². The molecule has 3 aromatic rings. The van der Waals surface area contributed by atoms with Gasteiger partial charge in [0.1, 0.15) is 12.4 Å². The number of nitrogens with one attached hydrogen (secondary N) is 2. The van der Waals surface area contributed by atoms with Crippen LogP contribution in [0.5, 0.6) is 0 Å². The van der Waals surface area contributed by atoms with Gasteiger partial charge in [0, 0.05) is 18.8 Å². The van der Waals surface area contributed by atoms with Crippen molar-refractivity contribution < 1.29 is 18.5 Å². The van der Waals surface area contributed by atoms with Gasteiger partial charge in [0.25, 0.3) is 0 Å². The molecule has 152 valence electrons. The number of amides is 2. The molecule has 0 unspecified atom stereocenters. The van der Waals surface area contributed by atoms with Crippen LogP contribution in [-0.4, -0.2) is 44.8 Å². The van der Waals surface area contributed by atoms with E-state index in [9.17, 15) is 14.0 Å². The van der Waals surface area contributed by atoms with Gasteiger partial charge in [-0.25, -0.2) is 4.39 Å². The summed E-state index contributed by atoms with van der Waals surface area (Å²) in [5, 5.41) is 13.2. The molecule has 0 fully saturated rings. The van der Waals surface area contributed by atoms with Gasteiger partial charge >= 0.3 is 11.8 Å². The van der Waals surface area contributed by atoms with E-state index in [0.717, 1.165) is 15.0 Å². The zero-order valence-electron chi connectivity index (χ0n) is 15.7. The van der Waals surface area contributed by atoms with Crippen molar-refractivity contribution in [1.82, 2.24) is 30.6 Å². The van der Waals surface area contributed by atoms with Crippen molar-refractivity contribution in [3.8, 4) is 11.4 Å². The fourth-order valence-electron chi connectivity index (χ4n) is 2.54. The molecule has 0 spiro atoms. The lowest BCUT2D eigenvalue weighted by Crippen LogP contribution is -2.36. The first-order valence-corrected chi connectivity index (χ1v) is 9.77. The van der Waals surface area contributed by atoms with Gasteiger partial charge in [0.2, 0.25) is 11.7 Å². The molecule has 0 atom stereocenters. The fraction of sp³-hybridized carbons (Fsp3) is 0.278. The Bertz CT molecular complexity index is 1050. The third-order valence-corrected chi connectivity index (χ3v) is 5.62. The molecule has 2 aromatic heterocycles. The lowest BCUT2D eigenvalue weighted by molar-refractivity contribution is -0.121. The average molecular weight is 512 g/mol. The summed E-state index contributed by atoms with van der Waals surface area (Å²) in [6.07, 6.45) is 0. The number of halogens is 2. The number of carbonyl (C=O) groups is 2. The van der Waals surface area contributed by atoms with Gasteiger partial charge in [-0.05, 0) is 48.6 Å². The average Bonchev–Trinajstić information content (AvgIpc) is 3.27. The number of hydrogen-bond acceptors (Lipinski definition) is 6. The normalized spacial score (nSPS) is 10.8. The number of carbonyl (C=O) groups excluding carboxylic acids is 2. The standard InChI is InChI=1S/C18H18FIN6O3/c1-10-15(20)11(2)26(24-10)9-14(27)21-7-8-22-17(28)18-23-16(25-29-18)12-5-3-4-6-13(12)19/h3-6H,7-9H2,1-2H3,(H,21,27)(H,22,28). The second-order valence-corrected chi connectivity index (χ2v) is 7.23. The predicted octanol–water partition coefficient (Wildman–Crippen LogP) is 1.84. The SMILES string of the molecule is Cc1nn(CC(=O)NCCNC(=O)c2nc(-c3ccccc3F)no2)c(C)c1I. The maximum atomic E-state index is 13.7. The van der Waals surface area contributed by atoms with Crippen LogP contribution < -0.4 is 10.6 Å². The summed E-state index contributed by atoms with van der Waals surface area (Å²) in [6.45, 7) is 4.26. The predicted molar refractivity (Wildman–Crippen MR) is 109 cm³/mol. The largest absolute Gasteiger partial charge is 0.353 e. The zero-order chi connectivity index (χ0) is 21.0. The monoisotopic (exact) mass is 512 g/mol. The number of nitrogens with zero attached hydrogens (tertiary/aromatic N) is 4. The molecule has 0 saturated carbocycles. The molecular formula is C18H18FIN6O3. The maximum absolute atomic E-state index is 13.7. The van der Waals surface area contributed by atoms with E-state index in [-0.39, 0.29) is 42.8 Å². The van der Waals surface area contributed by atoms with Gasteiger partial charge in [-0.2, -0.15) is 10.1 Å². The van der Waals surface area contributed by atoms with Crippen LogP contribution >= 0.6 is 22.6 Å². The number of benzene rings is 1. The van der Waals surface area contributed by atoms with Crippen molar-refractivity contribution in [2.75, 3.05) is 13.1 Å². The molecule has 2 N–H and O–H groups in total. The molecular weight excluding hydrogens is 494 g/mol. The number of hydrogen-bond donors (Lipinski definition) is 2. The molecule has 0 aliphatic carbocycles. The second kappa shape index (κ2) is 9.11. The van der Waals surface area contributed by atoms with Gasteiger partial charge < -0.3 is 15.2 Å². The van der Waals surface area contributed by atoms with E-state index < -0.39 is 11.7 Å². The minimum Gasteiger partial charge on any atom is -0.353 e. The molecule has 1 aromatic carbocycles. The summed E-state index contributed by atoms with van der Waals surface area (Å²) in [7, 11) is 0. The molecule has 29 heavy (non-hydrogen) atoms. The van der Waals surface area contributed by atoms with Crippen LogP contribution in [0.2, 0.25) is 0 Å². The Morgan fingerprint density at radius 1 is 1.21 bits per heavy atom. The van der Waals surface area contributed by atoms with Gasteiger partial charge in [-0.3, -0.25) is 14.3 Å². The summed E-state index contributed by atoms with van der Waals surface area (Å²) < 4.78 is 21.3. The Balaban J connectivity index is 1.46. The first-order chi connectivity index (χ1) is 13.9. The Morgan fingerprint density at radius 2 is 1.93 bits per heavy atom. The van der Waals surface area contributed by atoms with E-state index in [4.69, 9.17) is 4.52 Å². The highest BCUT2D eigenvalue weighted by molar-refractivity contribution is 14.1. The highest BCUT2D eigenvalue weighted by atomic mass is 127. The van der Waals surface area contributed by atoms with Crippen molar-refractivity contribution in [3.63, 3.8) is 0 Å². The lowest BCUT2D eigenvalue weighted by atomic mass is 10.2. The highest BCUT2D eigenvalue weighted by Crippen LogP contribution is 2.19. The van der Waals surface area contributed by atoms with Gasteiger partial charge in [0.15, 0.2) is 0 Å².